The van der Waals surface area contributed by atoms with Crippen LogP contribution < -0.4 is 5.73 Å². The van der Waals surface area contributed by atoms with E-state index in [2.05, 4.69) is 0 Å². The molecule has 0 aliphatic rings. The van der Waals surface area contributed by atoms with Crippen molar-refractivity contribution in [3.05, 3.63) is 12.2 Å². The third kappa shape index (κ3) is 4.09. The maximum atomic E-state index is 10.1. The molecule has 0 unspecified atom stereocenters. The molecule has 0 aromatic carbocycles. The van der Waals surface area contributed by atoms with E-state index in [1.54, 1.807) is 6.08 Å². The zero-order valence-electron chi connectivity index (χ0n) is 6.08. The number of nitrogens with two attached hydrogens (primary N) is 1. The SMILES string of the molecule is CCC=CC[C@H](N)C(=O)O. The fraction of sp³-hybridized carbons (Fsp3) is 0.571. The van der Waals surface area contributed by atoms with Crippen molar-refractivity contribution in [2.75, 3.05) is 0 Å². The van der Waals surface area contributed by atoms with Crippen LogP contribution >= 0.6 is 0 Å². The minimum Gasteiger partial charge on any atom is -0.480 e. The fourth-order valence-corrected chi connectivity index (χ4v) is 0.510. The fourth-order valence-electron chi connectivity index (χ4n) is 0.510. The zero-order valence-corrected chi connectivity index (χ0v) is 6.08. The highest BCUT2D eigenvalue weighted by Crippen LogP contribution is 1.91. The molecule has 1 atom stereocenters. The van der Waals surface area contributed by atoms with Crippen LogP contribution in [0.25, 0.3) is 0 Å². The molecule has 0 bridgehead atoms. The second kappa shape index (κ2) is 4.99. The summed E-state index contributed by atoms with van der Waals surface area (Å²) in [7, 11) is 0. The van der Waals surface area contributed by atoms with E-state index >= 15 is 0 Å². The molecule has 0 aromatic rings. The van der Waals surface area contributed by atoms with E-state index in [0.29, 0.717) is 6.42 Å². The number of allylic oxidation sites excluding steroid dienone is 1. The van der Waals surface area contributed by atoms with Crippen LogP contribution in [0, 0.1) is 0 Å². The number of hydrogen-bond acceptors (Lipinski definition) is 2. The molecule has 3 heteroatoms. The Labute approximate surface area is 60.5 Å². The van der Waals surface area contributed by atoms with Gasteiger partial charge >= 0.3 is 5.97 Å². The van der Waals surface area contributed by atoms with Crippen molar-refractivity contribution >= 4 is 5.97 Å². The Hall–Kier alpha value is -0.830. The summed E-state index contributed by atoms with van der Waals surface area (Å²) >= 11 is 0. The lowest BCUT2D eigenvalue weighted by atomic mass is 10.2. The van der Waals surface area contributed by atoms with Crippen LogP contribution in [0.4, 0.5) is 0 Å². The van der Waals surface area contributed by atoms with Gasteiger partial charge in [-0.15, -0.1) is 0 Å². The van der Waals surface area contributed by atoms with Gasteiger partial charge in [-0.3, -0.25) is 4.79 Å². The summed E-state index contributed by atoms with van der Waals surface area (Å²) in [6.45, 7) is 1.99. The van der Waals surface area contributed by atoms with Gasteiger partial charge in [0.2, 0.25) is 0 Å². The molecule has 10 heavy (non-hydrogen) atoms. The van der Waals surface area contributed by atoms with Crippen molar-refractivity contribution in [2.45, 2.75) is 25.8 Å². The van der Waals surface area contributed by atoms with Crippen LogP contribution in [0.15, 0.2) is 12.2 Å². The number of carboxylic acids is 1. The van der Waals surface area contributed by atoms with Gasteiger partial charge in [0.25, 0.3) is 0 Å². The predicted octanol–water partition coefficient (Wildman–Crippen LogP) is 0.755. The third-order valence-electron chi connectivity index (χ3n) is 1.11. The van der Waals surface area contributed by atoms with Gasteiger partial charge in [0.05, 0.1) is 0 Å². The summed E-state index contributed by atoms with van der Waals surface area (Å²) in [6.07, 6.45) is 5.04. The first-order valence-corrected chi connectivity index (χ1v) is 3.31. The number of aliphatic carboxylic acids is 1. The van der Waals surface area contributed by atoms with E-state index in [4.69, 9.17) is 10.8 Å². The first-order valence-electron chi connectivity index (χ1n) is 3.31. The highest BCUT2D eigenvalue weighted by Gasteiger charge is 2.07. The van der Waals surface area contributed by atoms with Crippen LogP contribution in [-0.2, 0) is 4.79 Å². The number of rotatable bonds is 4. The van der Waals surface area contributed by atoms with Crippen molar-refractivity contribution in [2.24, 2.45) is 5.73 Å². The van der Waals surface area contributed by atoms with Gasteiger partial charge in [0.15, 0.2) is 0 Å². The van der Waals surface area contributed by atoms with Crippen molar-refractivity contribution < 1.29 is 9.90 Å². The van der Waals surface area contributed by atoms with Gasteiger partial charge in [0, 0.05) is 0 Å². The minimum absolute atomic E-state index is 0.420. The lowest BCUT2D eigenvalue weighted by Crippen LogP contribution is -2.29. The second-order valence-corrected chi connectivity index (χ2v) is 2.06. The zero-order chi connectivity index (χ0) is 7.98. The number of carbonyl (C=O) groups is 1. The van der Waals surface area contributed by atoms with Crippen molar-refractivity contribution in [1.82, 2.24) is 0 Å². The van der Waals surface area contributed by atoms with Crippen molar-refractivity contribution in [3.63, 3.8) is 0 Å². The van der Waals surface area contributed by atoms with E-state index in [9.17, 15) is 4.79 Å². The van der Waals surface area contributed by atoms with Gasteiger partial charge < -0.3 is 10.8 Å². The maximum Gasteiger partial charge on any atom is 0.320 e. The molecule has 0 radical (unpaired) electrons. The average molecular weight is 143 g/mol. The molecular weight excluding hydrogens is 130 g/mol. The second-order valence-electron chi connectivity index (χ2n) is 2.06. The molecular formula is C7H13NO2. The Morgan fingerprint density at radius 1 is 1.70 bits per heavy atom. The molecule has 3 N–H and O–H groups in total. The smallest absolute Gasteiger partial charge is 0.320 e. The highest BCUT2D eigenvalue weighted by atomic mass is 16.4. The molecule has 58 valence electrons. The quantitative estimate of drug-likeness (QED) is 0.571. The average Bonchev–Trinajstić information content (AvgIpc) is 1.88. The van der Waals surface area contributed by atoms with Crippen LogP contribution in [0.1, 0.15) is 19.8 Å². The molecule has 0 aliphatic carbocycles. The standard InChI is InChI=1S/C7H13NO2/c1-2-3-4-5-6(8)7(9)10/h3-4,6H,2,5,8H2,1H3,(H,9,10)/t6-/m0/s1. The van der Waals surface area contributed by atoms with E-state index in [1.807, 2.05) is 13.0 Å². The van der Waals surface area contributed by atoms with E-state index in [1.165, 1.54) is 0 Å². The van der Waals surface area contributed by atoms with Gasteiger partial charge in [-0.2, -0.15) is 0 Å². The molecule has 0 saturated heterocycles. The van der Waals surface area contributed by atoms with Crippen LogP contribution in [-0.4, -0.2) is 17.1 Å². The number of carboxylic acid groups (broad SMARTS) is 1. The summed E-state index contributed by atoms with van der Waals surface area (Å²) in [5.41, 5.74) is 5.21. The first kappa shape index (κ1) is 9.17. The van der Waals surface area contributed by atoms with Gasteiger partial charge in [-0.25, -0.2) is 0 Å². The summed E-state index contributed by atoms with van der Waals surface area (Å²) in [4.78, 5) is 10.1. The van der Waals surface area contributed by atoms with Crippen molar-refractivity contribution in [1.29, 1.82) is 0 Å². The Bertz CT molecular complexity index is 132. The molecule has 0 amide bonds. The number of hydrogen-bond donors (Lipinski definition) is 2. The van der Waals surface area contributed by atoms with Gasteiger partial charge in [-0.05, 0) is 12.8 Å². The topological polar surface area (TPSA) is 63.3 Å². The molecule has 0 spiro atoms. The summed E-state index contributed by atoms with van der Waals surface area (Å²) in [5.74, 6) is -0.944. The van der Waals surface area contributed by atoms with E-state index in [-0.39, 0.29) is 0 Å². The van der Waals surface area contributed by atoms with Crippen LogP contribution in [0.3, 0.4) is 0 Å². The normalized spacial score (nSPS) is 13.8. The Balaban J connectivity index is 3.48. The van der Waals surface area contributed by atoms with Gasteiger partial charge in [0.1, 0.15) is 6.04 Å². The maximum absolute atomic E-state index is 10.1. The minimum atomic E-state index is -0.944. The summed E-state index contributed by atoms with van der Waals surface area (Å²) in [6, 6.07) is -0.747. The van der Waals surface area contributed by atoms with Crippen molar-refractivity contribution in [3.8, 4) is 0 Å². The first-order chi connectivity index (χ1) is 4.68. The van der Waals surface area contributed by atoms with E-state index in [0.717, 1.165) is 6.42 Å². The molecule has 0 aliphatic heterocycles. The summed E-state index contributed by atoms with van der Waals surface area (Å²) < 4.78 is 0. The van der Waals surface area contributed by atoms with E-state index < -0.39 is 12.0 Å². The Kier molecular flexibility index (Phi) is 4.58. The van der Waals surface area contributed by atoms with Gasteiger partial charge in [-0.1, -0.05) is 19.1 Å². The monoisotopic (exact) mass is 143 g/mol. The lowest BCUT2D eigenvalue weighted by Gasteiger charge is -1.99. The highest BCUT2D eigenvalue weighted by molar-refractivity contribution is 5.73. The molecule has 0 fully saturated rings. The van der Waals surface area contributed by atoms with Crippen LogP contribution in [0.5, 0.6) is 0 Å². The lowest BCUT2D eigenvalue weighted by molar-refractivity contribution is -0.138. The largest absolute Gasteiger partial charge is 0.480 e. The molecule has 0 rings (SSSR count). The Morgan fingerprint density at radius 3 is 2.70 bits per heavy atom. The molecule has 0 aromatic heterocycles. The third-order valence-corrected chi connectivity index (χ3v) is 1.11. The molecule has 0 heterocycles. The molecule has 0 saturated carbocycles. The predicted molar refractivity (Wildman–Crippen MR) is 39.7 cm³/mol. The summed E-state index contributed by atoms with van der Waals surface area (Å²) in [5, 5.41) is 8.32. The molecule has 3 nitrogen and oxygen atoms in total. The Morgan fingerprint density at radius 2 is 2.30 bits per heavy atom. The van der Waals surface area contributed by atoms with Crippen LogP contribution in [0.2, 0.25) is 0 Å².